The third-order valence-corrected chi connectivity index (χ3v) is 3.22. The molecule has 0 fully saturated rings. The first-order valence-electron chi connectivity index (χ1n) is 6.93. The van der Waals surface area contributed by atoms with Crippen molar-refractivity contribution >= 4 is 11.8 Å². The number of rotatable bonds is 3. The molecule has 0 aliphatic carbocycles. The Morgan fingerprint density at radius 1 is 1.18 bits per heavy atom. The van der Waals surface area contributed by atoms with Crippen molar-refractivity contribution in [2.45, 2.75) is 6.92 Å². The lowest BCUT2D eigenvalue weighted by Crippen LogP contribution is -2.07. The molecule has 0 atom stereocenters. The molecule has 0 spiro atoms. The predicted molar refractivity (Wildman–Crippen MR) is 89.6 cm³/mol. The maximum atomic E-state index is 8.88. The molecule has 0 saturated carbocycles. The van der Waals surface area contributed by atoms with Crippen molar-refractivity contribution in [2.24, 2.45) is 5.73 Å². The fourth-order valence-electron chi connectivity index (χ4n) is 2.02. The van der Waals surface area contributed by atoms with Gasteiger partial charge in [0.1, 0.15) is 23.3 Å². The van der Waals surface area contributed by atoms with Crippen LogP contribution in [0.25, 0.3) is 6.08 Å². The topological polar surface area (TPSA) is 62.3 Å². The van der Waals surface area contributed by atoms with E-state index in [1.807, 2.05) is 51.4 Å². The van der Waals surface area contributed by atoms with Crippen molar-refractivity contribution in [3.63, 3.8) is 0 Å². The molecule has 4 nitrogen and oxygen atoms in total. The Hall–Kier alpha value is -2.93. The largest absolute Gasteiger partial charge is 0.462 e. The average molecular weight is 293 g/mol. The summed E-state index contributed by atoms with van der Waals surface area (Å²) < 4.78 is 5.62. The summed E-state index contributed by atoms with van der Waals surface area (Å²) in [7, 11) is 4.02. The Kier molecular flexibility index (Phi) is 4.70. The van der Waals surface area contributed by atoms with Crippen LogP contribution in [0.4, 0.5) is 5.69 Å². The number of ether oxygens (including phenoxy) is 1. The van der Waals surface area contributed by atoms with Crippen LogP contribution in [0.2, 0.25) is 0 Å². The van der Waals surface area contributed by atoms with E-state index in [9.17, 15) is 0 Å². The highest BCUT2D eigenvalue weighted by Gasteiger charge is 2.08. The summed E-state index contributed by atoms with van der Waals surface area (Å²) in [6.45, 7) is 1.83. The van der Waals surface area contributed by atoms with Gasteiger partial charge in [-0.3, -0.25) is 0 Å². The van der Waals surface area contributed by atoms with Gasteiger partial charge in [0.15, 0.2) is 0 Å². The van der Waals surface area contributed by atoms with Crippen LogP contribution < -0.4 is 10.6 Å². The van der Waals surface area contributed by atoms with Gasteiger partial charge >= 0.3 is 0 Å². The van der Waals surface area contributed by atoms with Crippen LogP contribution >= 0.6 is 0 Å². The third-order valence-electron chi connectivity index (χ3n) is 3.22. The number of benzene rings is 1. The maximum absolute atomic E-state index is 8.88. The number of anilines is 1. The van der Waals surface area contributed by atoms with E-state index >= 15 is 0 Å². The highest BCUT2D eigenvalue weighted by Crippen LogP contribution is 2.22. The average Bonchev–Trinajstić information content (AvgIpc) is 2.52. The van der Waals surface area contributed by atoms with E-state index < -0.39 is 0 Å². The van der Waals surface area contributed by atoms with Crippen LogP contribution in [0.15, 0.2) is 65.3 Å². The molecule has 1 aliphatic heterocycles. The summed E-state index contributed by atoms with van der Waals surface area (Å²) in [4.78, 5) is 2.05. The minimum Gasteiger partial charge on any atom is -0.462 e. The summed E-state index contributed by atoms with van der Waals surface area (Å²) in [6, 6.07) is 10.1. The molecule has 0 radical (unpaired) electrons. The monoisotopic (exact) mass is 293 g/mol. The van der Waals surface area contributed by atoms with Crippen molar-refractivity contribution in [1.82, 2.24) is 0 Å². The third kappa shape index (κ3) is 3.80. The van der Waals surface area contributed by atoms with Crippen molar-refractivity contribution in [3.05, 3.63) is 70.8 Å². The van der Waals surface area contributed by atoms with E-state index in [4.69, 9.17) is 15.7 Å². The quantitative estimate of drug-likeness (QED) is 0.868. The molecule has 1 heterocycles. The minimum atomic E-state index is 0.184. The summed E-state index contributed by atoms with van der Waals surface area (Å²) in [5, 5.41) is 8.88. The molecule has 1 aliphatic rings. The molecule has 22 heavy (non-hydrogen) atoms. The first-order valence-corrected chi connectivity index (χ1v) is 6.93. The van der Waals surface area contributed by atoms with E-state index in [0.29, 0.717) is 17.1 Å². The van der Waals surface area contributed by atoms with Crippen LogP contribution in [0.3, 0.4) is 0 Å². The molecule has 0 aromatic heterocycles. The number of allylic oxidation sites excluding steroid dienone is 6. The van der Waals surface area contributed by atoms with Crippen LogP contribution in [0.5, 0.6) is 0 Å². The van der Waals surface area contributed by atoms with Crippen LogP contribution in [-0.2, 0) is 4.74 Å². The number of nitrogens with zero attached hydrogens (tertiary/aromatic N) is 2. The number of nitrogens with two attached hydrogens (primary N) is 1. The van der Waals surface area contributed by atoms with E-state index in [0.717, 1.165) is 11.3 Å². The maximum Gasteiger partial charge on any atom is 0.127 e. The van der Waals surface area contributed by atoms with Gasteiger partial charge in [-0.05, 0) is 42.8 Å². The predicted octanol–water partition coefficient (Wildman–Crippen LogP) is 3.32. The van der Waals surface area contributed by atoms with Gasteiger partial charge in [-0.1, -0.05) is 18.2 Å². The summed E-state index contributed by atoms with van der Waals surface area (Å²) >= 11 is 0. The van der Waals surface area contributed by atoms with E-state index in [1.165, 1.54) is 0 Å². The fourth-order valence-corrected chi connectivity index (χ4v) is 2.02. The summed E-state index contributed by atoms with van der Waals surface area (Å²) in [5.41, 5.74) is 8.75. The normalized spacial score (nSPS) is 16.5. The van der Waals surface area contributed by atoms with Crippen molar-refractivity contribution in [1.29, 1.82) is 5.26 Å². The van der Waals surface area contributed by atoms with Gasteiger partial charge in [0.05, 0.1) is 0 Å². The molecule has 2 N–H and O–H groups in total. The molecule has 0 amide bonds. The first-order chi connectivity index (χ1) is 10.5. The van der Waals surface area contributed by atoms with Gasteiger partial charge in [0.2, 0.25) is 0 Å². The minimum absolute atomic E-state index is 0.184. The van der Waals surface area contributed by atoms with Crippen molar-refractivity contribution in [3.8, 4) is 6.07 Å². The first kappa shape index (κ1) is 15.5. The zero-order valence-electron chi connectivity index (χ0n) is 13.0. The van der Waals surface area contributed by atoms with Gasteiger partial charge in [0, 0.05) is 25.4 Å². The Bertz CT molecular complexity index is 714. The van der Waals surface area contributed by atoms with Crippen LogP contribution in [-0.4, -0.2) is 14.1 Å². The van der Waals surface area contributed by atoms with Crippen molar-refractivity contribution < 1.29 is 4.74 Å². The molecule has 1 aromatic carbocycles. The Labute approximate surface area is 131 Å². The van der Waals surface area contributed by atoms with Gasteiger partial charge < -0.3 is 15.4 Å². The molecule has 1 aromatic rings. The summed E-state index contributed by atoms with van der Waals surface area (Å²) in [6.07, 6.45) is 7.34. The molecular weight excluding hydrogens is 274 g/mol. The zero-order valence-corrected chi connectivity index (χ0v) is 13.0. The smallest absolute Gasteiger partial charge is 0.127 e. The summed E-state index contributed by atoms with van der Waals surface area (Å²) in [5.74, 6) is 1.36. The van der Waals surface area contributed by atoms with E-state index in [1.54, 1.807) is 12.2 Å². The number of hydrogen-bond donors (Lipinski definition) is 1. The van der Waals surface area contributed by atoms with Gasteiger partial charge in [-0.2, -0.15) is 5.26 Å². The Morgan fingerprint density at radius 2 is 1.86 bits per heavy atom. The highest BCUT2D eigenvalue weighted by molar-refractivity contribution is 5.58. The van der Waals surface area contributed by atoms with Gasteiger partial charge in [-0.25, -0.2) is 0 Å². The van der Waals surface area contributed by atoms with Gasteiger partial charge in [0.25, 0.3) is 0 Å². The molecule has 0 saturated heterocycles. The lowest BCUT2D eigenvalue weighted by atomic mass is 10.1. The Balaban J connectivity index is 2.19. The standard InChI is InChI=1S/C18H19N3O/c1-13-10-15(18(20)12-19)11-17(22-13)9-6-14-4-7-16(8-5-14)21(2)3/h4-11H,20H2,1-3H3/b9-6+,18-15+. The van der Waals surface area contributed by atoms with Crippen molar-refractivity contribution in [2.75, 3.05) is 19.0 Å². The van der Waals surface area contributed by atoms with E-state index in [-0.39, 0.29) is 5.70 Å². The fraction of sp³-hybridized carbons (Fsp3) is 0.167. The zero-order chi connectivity index (χ0) is 16.1. The lowest BCUT2D eigenvalue weighted by molar-refractivity contribution is 0.318. The molecule has 112 valence electrons. The highest BCUT2D eigenvalue weighted by atomic mass is 16.5. The molecule has 0 unspecified atom stereocenters. The molecule has 2 rings (SSSR count). The molecular formula is C18H19N3O. The SMILES string of the molecule is CC1=C/C(=C(\N)C#N)C=C(/C=C/c2ccc(N(C)C)cc2)O1. The van der Waals surface area contributed by atoms with Gasteiger partial charge in [-0.15, -0.1) is 0 Å². The van der Waals surface area contributed by atoms with E-state index in [2.05, 4.69) is 17.0 Å². The second-order valence-electron chi connectivity index (χ2n) is 5.20. The second kappa shape index (κ2) is 6.68. The number of hydrogen-bond acceptors (Lipinski definition) is 4. The molecule has 0 bridgehead atoms. The van der Waals surface area contributed by atoms with Crippen LogP contribution in [0, 0.1) is 11.3 Å². The number of nitriles is 1. The Morgan fingerprint density at radius 3 is 2.45 bits per heavy atom. The lowest BCUT2D eigenvalue weighted by Gasteiger charge is -2.14. The van der Waals surface area contributed by atoms with Crippen LogP contribution in [0.1, 0.15) is 12.5 Å². The second-order valence-corrected chi connectivity index (χ2v) is 5.20. The molecule has 4 heteroatoms.